The Morgan fingerprint density at radius 1 is 1.12 bits per heavy atom. The number of rotatable bonds is 5. The van der Waals surface area contributed by atoms with E-state index in [2.05, 4.69) is 4.90 Å². The van der Waals surface area contributed by atoms with Gasteiger partial charge in [0.2, 0.25) is 0 Å². The zero-order chi connectivity index (χ0) is 17.1. The van der Waals surface area contributed by atoms with Crippen LogP contribution in [0.25, 0.3) is 0 Å². The molecule has 1 aliphatic heterocycles. The highest BCUT2D eigenvalue weighted by molar-refractivity contribution is 5.54. The minimum atomic E-state index is -0.327. The molecule has 3 rings (SSSR count). The van der Waals surface area contributed by atoms with Crippen molar-refractivity contribution in [1.82, 2.24) is 0 Å². The molecule has 0 spiro atoms. The summed E-state index contributed by atoms with van der Waals surface area (Å²) in [5.41, 5.74) is 1.98. The number of ether oxygens (including phenoxy) is 2. The topological polar surface area (TPSA) is 64.8 Å². The summed E-state index contributed by atoms with van der Waals surface area (Å²) in [5.74, 6) is 1.45. The number of hydrogen-bond acceptors (Lipinski definition) is 5. The van der Waals surface area contributed by atoms with Gasteiger partial charge in [-0.1, -0.05) is 6.07 Å². The molecule has 0 aromatic heterocycles. The Balaban J connectivity index is 1.84. The van der Waals surface area contributed by atoms with Crippen molar-refractivity contribution < 1.29 is 14.4 Å². The van der Waals surface area contributed by atoms with E-state index in [4.69, 9.17) is 9.47 Å². The smallest absolute Gasteiger partial charge is 0.276 e. The van der Waals surface area contributed by atoms with E-state index in [1.165, 1.54) is 13.2 Å². The first-order valence-electron chi connectivity index (χ1n) is 7.83. The zero-order valence-corrected chi connectivity index (χ0v) is 13.8. The molecule has 0 radical (unpaired) electrons. The molecule has 2 aromatic rings. The molecule has 1 atom stereocenters. The highest BCUT2D eigenvalue weighted by Crippen LogP contribution is 2.37. The molecule has 126 valence electrons. The van der Waals surface area contributed by atoms with E-state index in [9.17, 15) is 10.1 Å². The predicted molar refractivity (Wildman–Crippen MR) is 92.2 cm³/mol. The maximum atomic E-state index is 11.4. The van der Waals surface area contributed by atoms with E-state index in [0.717, 1.165) is 36.5 Å². The third-order valence-corrected chi connectivity index (χ3v) is 4.48. The quantitative estimate of drug-likeness (QED) is 0.620. The highest BCUT2D eigenvalue weighted by atomic mass is 16.6. The average molecular weight is 328 g/mol. The van der Waals surface area contributed by atoms with Gasteiger partial charge >= 0.3 is 0 Å². The van der Waals surface area contributed by atoms with E-state index in [0.29, 0.717) is 5.75 Å². The molecule has 1 heterocycles. The van der Waals surface area contributed by atoms with Crippen LogP contribution in [0.2, 0.25) is 0 Å². The van der Waals surface area contributed by atoms with Crippen molar-refractivity contribution in [2.24, 2.45) is 0 Å². The first-order valence-corrected chi connectivity index (χ1v) is 7.83. The molecule has 1 fully saturated rings. The molecule has 1 aliphatic rings. The second kappa shape index (κ2) is 6.78. The first kappa shape index (κ1) is 16.1. The van der Waals surface area contributed by atoms with Crippen LogP contribution in [0.5, 0.6) is 11.5 Å². The number of nitro benzene ring substituents is 1. The molecule has 1 unspecified atom stereocenters. The fourth-order valence-electron chi connectivity index (χ4n) is 3.21. The Hall–Kier alpha value is -2.76. The van der Waals surface area contributed by atoms with Gasteiger partial charge in [-0.3, -0.25) is 10.1 Å². The van der Waals surface area contributed by atoms with Crippen molar-refractivity contribution in [3.8, 4) is 11.5 Å². The van der Waals surface area contributed by atoms with Crippen molar-refractivity contribution in [1.29, 1.82) is 0 Å². The fraction of sp³-hybridized carbons (Fsp3) is 0.333. The van der Waals surface area contributed by atoms with Gasteiger partial charge in [0, 0.05) is 36.3 Å². The summed E-state index contributed by atoms with van der Waals surface area (Å²) in [6, 6.07) is 13.0. The monoisotopic (exact) mass is 328 g/mol. The standard InChI is InChI=1S/C18H20N2O4/c1-23-15-5-3-4-14(10-15)19-9-8-13(12-19)17-7-6-16(24-2)11-18(17)20(21)22/h3-7,10-11,13H,8-9,12H2,1-2H3. The molecule has 6 nitrogen and oxygen atoms in total. The summed E-state index contributed by atoms with van der Waals surface area (Å²) < 4.78 is 10.4. The summed E-state index contributed by atoms with van der Waals surface area (Å²) >= 11 is 0. The maximum absolute atomic E-state index is 11.4. The predicted octanol–water partition coefficient (Wildman–Crippen LogP) is 3.61. The van der Waals surface area contributed by atoms with Crippen LogP contribution in [0.4, 0.5) is 11.4 Å². The normalized spacial score (nSPS) is 16.9. The highest BCUT2D eigenvalue weighted by Gasteiger charge is 2.29. The summed E-state index contributed by atoms with van der Waals surface area (Å²) in [7, 11) is 3.16. The molecule has 6 heteroatoms. The molecule has 0 saturated carbocycles. The second-order valence-corrected chi connectivity index (χ2v) is 5.81. The largest absolute Gasteiger partial charge is 0.497 e. The Morgan fingerprint density at radius 2 is 1.88 bits per heavy atom. The van der Waals surface area contributed by atoms with Crippen LogP contribution in [0.1, 0.15) is 17.9 Å². The van der Waals surface area contributed by atoms with Crippen LogP contribution in [-0.2, 0) is 0 Å². The molecule has 1 saturated heterocycles. The van der Waals surface area contributed by atoms with E-state index in [-0.39, 0.29) is 16.5 Å². The van der Waals surface area contributed by atoms with Crippen LogP contribution < -0.4 is 14.4 Å². The van der Waals surface area contributed by atoms with E-state index < -0.39 is 0 Å². The van der Waals surface area contributed by atoms with Gasteiger partial charge in [0.05, 0.1) is 25.2 Å². The van der Waals surface area contributed by atoms with Gasteiger partial charge in [-0.25, -0.2) is 0 Å². The molecule has 24 heavy (non-hydrogen) atoms. The molecule has 0 N–H and O–H groups in total. The maximum Gasteiger partial charge on any atom is 0.276 e. The number of hydrogen-bond donors (Lipinski definition) is 0. The Kier molecular flexibility index (Phi) is 4.55. The third-order valence-electron chi connectivity index (χ3n) is 4.48. The first-order chi connectivity index (χ1) is 11.6. The Bertz CT molecular complexity index is 748. The lowest BCUT2D eigenvalue weighted by molar-refractivity contribution is -0.385. The van der Waals surface area contributed by atoms with Gasteiger partial charge in [0.25, 0.3) is 5.69 Å². The van der Waals surface area contributed by atoms with Crippen molar-refractivity contribution in [2.45, 2.75) is 12.3 Å². The third kappa shape index (κ3) is 3.13. The lowest BCUT2D eigenvalue weighted by atomic mass is 9.96. The fourth-order valence-corrected chi connectivity index (χ4v) is 3.21. The van der Waals surface area contributed by atoms with E-state index in [1.807, 2.05) is 30.3 Å². The molecule has 2 aromatic carbocycles. The summed E-state index contributed by atoms with van der Waals surface area (Å²) in [6.07, 6.45) is 0.879. The van der Waals surface area contributed by atoms with Gasteiger partial charge in [0.1, 0.15) is 11.5 Å². The van der Waals surface area contributed by atoms with E-state index in [1.54, 1.807) is 13.2 Å². The lowest BCUT2D eigenvalue weighted by Crippen LogP contribution is -2.19. The van der Waals surface area contributed by atoms with Gasteiger partial charge in [0.15, 0.2) is 0 Å². The number of methoxy groups -OCH3 is 2. The Labute approximate surface area is 140 Å². The van der Waals surface area contributed by atoms with Gasteiger partial charge < -0.3 is 14.4 Å². The van der Waals surface area contributed by atoms with Crippen LogP contribution in [0.15, 0.2) is 42.5 Å². The zero-order valence-electron chi connectivity index (χ0n) is 13.8. The van der Waals surface area contributed by atoms with Crippen molar-refractivity contribution in [3.05, 3.63) is 58.1 Å². The summed E-state index contributed by atoms with van der Waals surface area (Å²) in [6.45, 7) is 1.61. The van der Waals surface area contributed by atoms with Gasteiger partial charge in [-0.2, -0.15) is 0 Å². The average Bonchev–Trinajstić information content (AvgIpc) is 3.11. The van der Waals surface area contributed by atoms with E-state index >= 15 is 0 Å². The number of nitrogens with zero attached hydrogens (tertiary/aromatic N) is 2. The van der Waals surface area contributed by atoms with Crippen LogP contribution in [0, 0.1) is 10.1 Å². The molecule has 0 aliphatic carbocycles. The van der Waals surface area contributed by atoms with Gasteiger partial charge in [-0.15, -0.1) is 0 Å². The summed E-state index contributed by atoms with van der Waals surface area (Å²) in [4.78, 5) is 13.3. The van der Waals surface area contributed by atoms with Crippen LogP contribution in [0.3, 0.4) is 0 Å². The number of nitro groups is 1. The Morgan fingerprint density at radius 3 is 2.58 bits per heavy atom. The molecular weight excluding hydrogens is 308 g/mol. The van der Waals surface area contributed by atoms with Crippen LogP contribution >= 0.6 is 0 Å². The van der Waals surface area contributed by atoms with Crippen molar-refractivity contribution >= 4 is 11.4 Å². The SMILES string of the molecule is COc1cccc(N2CCC(c3ccc(OC)cc3[N+](=O)[O-])C2)c1. The van der Waals surface area contributed by atoms with Crippen LogP contribution in [-0.4, -0.2) is 32.2 Å². The van der Waals surface area contributed by atoms with Crippen molar-refractivity contribution in [2.75, 3.05) is 32.2 Å². The molecule has 0 bridgehead atoms. The number of anilines is 1. The minimum absolute atomic E-state index is 0.127. The van der Waals surface area contributed by atoms with Gasteiger partial charge in [-0.05, 0) is 30.7 Å². The minimum Gasteiger partial charge on any atom is -0.497 e. The second-order valence-electron chi connectivity index (χ2n) is 5.81. The lowest BCUT2D eigenvalue weighted by Gasteiger charge is -2.19. The summed E-state index contributed by atoms with van der Waals surface area (Å²) in [5, 5.41) is 11.4. The van der Waals surface area contributed by atoms with Crippen molar-refractivity contribution in [3.63, 3.8) is 0 Å². The molecular formula is C18H20N2O4. The molecule has 0 amide bonds. The number of benzene rings is 2.